The highest BCUT2D eigenvalue weighted by Gasteiger charge is 2.27. The van der Waals surface area contributed by atoms with E-state index in [0.29, 0.717) is 22.4 Å². The van der Waals surface area contributed by atoms with Gasteiger partial charge in [0.15, 0.2) is 22.9 Å². The molecule has 0 N–H and O–H groups in total. The van der Waals surface area contributed by atoms with E-state index in [1.165, 1.54) is 0 Å². The molecule has 2 heterocycles. The van der Waals surface area contributed by atoms with Crippen LogP contribution >= 0.6 is 0 Å². The number of fused-ring (bicyclic) bond motifs is 2. The van der Waals surface area contributed by atoms with Crippen molar-refractivity contribution in [3.63, 3.8) is 0 Å². The summed E-state index contributed by atoms with van der Waals surface area (Å²) in [5.74, 6) is -1.30. The number of rotatable bonds is 4. The molecule has 0 aliphatic carbocycles. The zero-order chi connectivity index (χ0) is 16.5. The Kier molecular flexibility index (Phi) is 3.32. The van der Waals surface area contributed by atoms with Gasteiger partial charge in [-0.25, -0.2) is 4.98 Å². The molecule has 0 fully saturated rings. The number of carbonyl (C=O) groups is 1. The molecule has 0 aliphatic heterocycles. The average Bonchev–Trinajstić information content (AvgIpc) is 3.20. The Hall–Kier alpha value is -3.46. The van der Waals surface area contributed by atoms with Crippen molar-refractivity contribution >= 4 is 27.9 Å². The van der Waals surface area contributed by atoms with Gasteiger partial charge in [-0.3, -0.25) is 4.79 Å². The van der Waals surface area contributed by atoms with E-state index in [2.05, 4.69) is 10.1 Å². The largest absolute Gasteiger partial charge is 0.439 e. The number of oxazole rings is 1. The van der Waals surface area contributed by atoms with E-state index in [-0.39, 0.29) is 18.1 Å². The molecule has 0 unspecified atom stereocenters. The maximum Gasteiger partial charge on any atom is 0.220 e. The molecule has 0 saturated heterocycles. The lowest BCUT2D eigenvalue weighted by molar-refractivity contribution is -0.119. The van der Waals surface area contributed by atoms with Gasteiger partial charge in [-0.2, -0.15) is 5.26 Å². The van der Waals surface area contributed by atoms with E-state index >= 15 is 0 Å². The normalized spacial score (nSPS) is 12.3. The minimum absolute atomic E-state index is 0.0199. The Balaban J connectivity index is 1.65. The molecule has 1 atom stereocenters. The van der Waals surface area contributed by atoms with Gasteiger partial charge < -0.3 is 8.94 Å². The first-order chi connectivity index (χ1) is 11.8. The molecule has 2 aromatic heterocycles. The molecule has 0 aliphatic rings. The zero-order valence-corrected chi connectivity index (χ0v) is 12.5. The van der Waals surface area contributed by atoms with Crippen LogP contribution < -0.4 is 0 Å². The smallest absolute Gasteiger partial charge is 0.220 e. The summed E-state index contributed by atoms with van der Waals surface area (Å²) < 4.78 is 10.7. The molecule has 2 aromatic carbocycles. The molecular weight excluding hydrogens is 306 g/mol. The molecule has 4 aromatic rings. The van der Waals surface area contributed by atoms with Crippen LogP contribution in [0.15, 0.2) is 57.5 Å². The van der Waals surface area contributed by atoms with E-state index in [9.17, 15) is 10.1 Å². The fourth-order valence-electron chi connectivity index (χ4n) is 2.61. The number of Topliss-reactive ketones (excluding diaryl/α,β-unsaturated/α-hetero) is 1. The van der Waals surface area contributed by atoms with Gasteiger partial charge in [0.25, 0.3) is 0 Å². The van der Waals surface area contributed by atoms with Gasteiger partial charge in [-0.15, -0.1) is 0 Å². The second kappa shape index (κ2) is 5.63. The molecule has 0 radical (unpaired) electrons. The highest BCUT2D eigenvalue weighted by molar-refractivity contribution is 5.92. The first kappa shape index (κ1) is 14.2. The Morgan fingerprint density at radius 2 is 1.88 bits per heavy atom. The first-order valence-electron chi connectivity index (χ1n) is 7.37. The summed E-state index contributed by atoms with van der Waals surface area (Å²) in [5.41, 5.74) is 2.28. The Labute approximate surface area is 136 Å². The van der Waals surface area contributed by atoms with Crippen LogP contribution in [-0.4, -0.2) is 15.9 Å². The second-order valence-electron chi connectivity index (χ2n) is 5.35. The van der Waals surface area contributed by atoms with Crippen LogP contribution in [0.5, 0.6) is 0 Å². The van der Waals surface area contributed by atoms with Crippen molar-refractivity contribution in [1.29, 1.82) is 5.26 Å². The van der Waals surface area contributed by atoms with Crippen molar-refractivity contribution in [2.75, 3.05) is 0 Å². The average molecular weight is 317 g/mol. The lowest BCUT2D eigenvalue weighted by Gasteiger charge is -2.02. The Morgan fingerprint density at radius 1 is 1.12 bits per heavy atom. The number of benzene rings is 2. The molecular formula is C18H11N3O3. The van der Waals surface area contributed by atoms with E-state index in [0.717, 1.165) is 5.39 Å². The van der Waals surface area contributed by atoms with E-state index in [1.807, 2.05) is 36.4 Å². The number of carbonyl (C=O) groups excluding carboxylic acids is 1. The molecule has 24 heavy (non-hydrogen) atoms. The topological polar surface area (TPSA) is 92.9 Å². The number of ketones is 1. The predicted molar refractivity (Wildman–Crippen MR) is 85.1 cm³/mol. The van der Waals surface area contributed by atoms with Crippen molar-refractivity contribution < 1.29 is 13.7 Å². The van der Waals surface area contributed by atoms with Crippen LogP contribution in [0, 0.1) is 11.3 Å². The molecule has 0 spiro atoms. The lowest BCUT2D eigenvalue weighted by Crippen LogP contribution is -2.14. The number of hydrogen-bond acceptors (Lipinski definition) is 6. The summed E-state index contributed by atoms with van der Waals surface area (Å²) in [4.78, 5) is 16.8. The minimum atomic E-state index is -1.08. The zero-order valence-electron chi connectivity index (χ0n) is 12.5. The van der Waals surface area contributed by atoms with Gasteiger partial charge >= 0.3 is 0 Å². The van der Waals surface area contributed by atoms with Gasteiger partial charge in [0.2, 0.25) is 5.89 Å². The summed E-state index contributed by atoms with van der Waals surface area (Å²) in [6.07, 6.45) is -0.0199. The fourth-order valence-corrected chi connectivity index (χ4v) is 2.61. The first-order valence-corrected chi connectivity index (χ1v) is 7.37. The number of nitriles is 1. The fraction of sp³-hybridized carbons (Fsp3) is 0.111. The van der Waals surface area contributed by atoms with Crippen molar-refractivity contribution in [3.05, 3.63) is 60.1 Å². The van der Waals surface area contributed by atoms with Crippen molar-refractivity contribution in [2.45, 2.75) is 12.3 Å². The van der Waals surface area contributed by atoms with Crippen molar-refractivity contribution in [1.82, 2.24) is 10.1 Å². The summed E-state index contributed by atoms with van der Waals surface area (Å²) in [6.45, 7) is 0. The van der Waals surface area contributed by atoms with Crippen LogP contribution in [-0.2, 0) is 11.2 Å². The van der Waals surface area contributed by atoms with Gasteiger partial charge in [-0.1, -0.05) is 29.4 Å². The maximum atomic E-state index is 12.6. The quantitative estimate of drug-likeness (QED) is 0.573. The SMILES string of the molecule is N#C[C@@H](C(=O)Cc1noc2ccccc12)c1nc2ccccc2o1. The van der Waals surface area contributed by atoms with E-state index in [4.69, 9.17) is 8.94 Å². The lowest BCUT2D eigenvalue weighted by atomic mass is 10.0. The molecule has 6 heteroatoms. The number of para-hydroxylation sites is 3. The Bertz CT molecular complexity index is 1050. The number of aromatic nitrogens is 2. The van der Waals surface area contributed by atoms with E-state index in [1.54, 1.807) is 18.2 Å². The third kappa shape index (κ3) is 2.32. The van der Waals surface area contributed by atoms with Crippen LogP contribution in [0.25, 0.3) is 22.1 Å². The minimum Gasteiger partial charge on any atom is -0.439 e. The number of hydrogen-bond donors (Lipinski definition) is 0. The molecule has 0 saturated carbocycles. The monoisotopic (exact) mass is 317 g/mol. The highest BCUT2D eigenvalue weighted by atomic mass is 16.5. The van der Waals surface area contributed by atoms with Crippen LogP contribution in [0.1, 0.15) is 17.5 Å². The van der Waals surface area contributed by atoms with Gasteiger partial charge in [0.05, 0.1) is 18.2 Å². The summed E-state index contributed by atoms with van der Waals surface area (Å²) in [5, 5.41) is 14.1. The third-order valence-electron chi connectivity index (χ3n) is 3.80. The standard InChI is InChI=1S/C18H11N3O3/c19-10-12(18-20-13-6-2-4-8-17(13)23-18)15(22)9-14-11-5-1-3-7-16(11)24-21-14/h1-8,12H,9H2/t12-/m0/s1. The van der Waals surface area contributed by atoms with Crippen LogP contribution in [0.4, 0.5) is 0 Å². The summed E-state index contributed by atoms with van der Waals surface area (Å²) in [7, 11) is 0. The predicted octanol–water partition coefficient (Wildman–Crippen LogP) is 3.39. The maximum absolute atomic E-state index is 12.6. The summed E-state index contributed by atoms with van der Waals surface area (Å²) >= 11 is 0. The third-order valence-corrected chi connectivity index (χ3v) is 3.80. The molecule has 4 rings (SSSR count). The highest BCUT2D eigenvalue weighted by Crippen LogP contribution is 2.24. The van der Waals surface area contributed by atoms with Crippen molar-refractivity contribution in [2.24, 2.45) is 0 Å². The van der Waals surface area contributed by atoms with E-state index < -0.39 is 5.92 Å². The van der Waals surface area contributed by atoms with Gasteiger partial charge in [0.1, 0.15) is 5.52 Å². The molecule has 6 nitrogen and oxygen atoms in total. The number of nitrogens with zero attached hydrogens (tertiary/aromatic N) is 3. The molecule has 0 amide bonds. The van der Waals surface area contributed by atoms with Gasteiger partial charge in [0, 0.05) is 5.39 Å². The van der Waals surface area contributed by atoms with Gasteiger partial charge in [-0.05, 0) is 24.3 Å². The van der Waals surface area contributed by atoms with Crippen LogP contribution in [0.2, 0.25) is 0 Å². The Morgan fingerprint density at radius 3 is 2.67 bits per heavy atom. The summed E-state index contributed by atoms with van der Waals surface area (Å²) in [6, 6.07) is 16.4. The van der Waals surface area contributed by atoms with Crippen molar-refractivity contribution in [3.8, 4) is 6.07 Å². The molecule has 0 bridgehead atoms. The van der Waals surface area contributed by atoms with Crippen LogP contribution in [0.3, 0.4) is 0 Å². The second-order valence-corrected chi connectivity index (χ2v) is 5.35. The molecule has 116 valence electrons.